The summed E-state index contributed by atoms with van der Waals surface area (Å²) < 4.78 is 16.4. The number of benzene rings is 1. The van der Waals surface area contributed by atoms with E-state index in [4.69, 9.17) is 19.0 Å². The molecule has 0 spiro atoms. The van der Waals surface area contributed by atoms with E-state index in [1.807, 2.05) is 18.2 Å². The molecule has 3 rings (SSSR count). The largest absolute Gasteiger partial charge is 0.497 e. The Morgan fingerprint density at radius 2 is 2.12 bits per heavy atom. The molecule has 1 atom stereocenters. The van der Waals surface area contributed by atoms with E-state index in [0.29, 0.717) is 30.3 Å². The Hall–Kier alpha value is -2.96. The van der Waals surface area contributed by atoms with Crippen LogP contribution in [0.4, 0.5) is 0 Å². The van der Waals surface area contributed by atoms with E-state index < -0.39 is 5.97 Å². The summed E-state index contributed by atoms with van der Waals surface area (Å²) in [7, 11) is 3.27. The number of carboxylic acids is 1. The highest BCUT2D eigenvalue weighted by Gasteiger charge is 2.29. The van der Waals surface area contributed by atoms with Crippen LogP contribution in [-0.4, -0.2) is 42.6 Å². The highest BCUT2D eigenvalue weighted by molar-refractivity contribution is 5.88. The second-order valence-corrected chi connectivity index (χ2v) is 6.37. The van der Waals surface area contributed by atoms with Crippen molar-refractivity contribution in [3.8, 4) is 11.5 Å². The van der Waals surface area contributed by atoms with Crippen LogP contribution >= 0.6 is 0 Å². The Kier molecular flexibility index (Phi) is 4.88. The Bertz CT molecular complexity index is 841. The van der Waals surface area contributed by atoms with Gasteiger partial charge in [-0.15, -0.1) is 0 Å². The van der Waals surface area contributed by atoms with Crippen LogP contribution in [-0.2, 0) is 17.8 Å². The average Bonchev–Trinajstić information content (AvgIpc) is 3.00. The van der Waals surface area contributed by atoms with Crippen molar-refractivity contribution < 1.29 is 28.6 Å². The highest BCUT2D eigenvalue weighted by atomic mass is 16.5. The number of hydrogen-bond acceptors (Lipinski definition) is 5. The predicted molar refractivity (Wildman–Crippen MR) is 92.6 cm³/mol. The smallest absolute Gasteiger partial charge is 0.339 e. The van der Waals surface area contributed by atoms with E-state index in [0.717, 1.165) is 11.3 Å². The van der Waals surface area contributed by atoms with Crippen molar-refractivity contribution in [2.45, 2.75) is 19.9 Å². The van der Waals surface area contributed by atoms with Crippen LogP contribution < -0.4 is 9.47 Å². The van der Waals surface area contributed by atoms with Crippen molar-refractivity contribution in [1.29, 1.82) is 0 Å². The minimum Gasteiger partial charge on any atom is -0.497 e. The summed E-state index contributed by atoms with van der Waals surface area (Å²) in [5.41, 5.74) is 1.08. The molecule has 0 bridgehead atoms. The highest BCUT2D eigenvalue weighted by Crippen LogP contribution is 2.31. The zero-order valence-corrected chi connectivity index (χ0v) is 14.9. The number of carboxylic acid groups (broad SMARTS) is 1. The van der Waals surface area contributed by atoms with Gasteiger partial charge < -0.3 is 23.9 Å². The van der Waals surface area contributed by atoms with Crippen molar-refractivity contribution in [1.82, 2.24) is 4.90 Å². The Balaban J connectivity index is 1.67. The van der Waals surface area contributed by atoms with Crippen LogP contribution in [0, 0.1) is 12.8 Å². The summed E-state index contributed by atoms with van der Waals surface area (Å²) >= 11 is 0. The number of aromatic carboxylic acids is 1. The second-order valence-electron chi connectivity index (χ2n) is 6.37. The molecule has 0 saturated heterocycles. The number of hydrogen-bond donors (Lipinski definition) is 1. The molecule has 7 heteroatoms. The van der Waals surface area contributed by atoms with Gasteiger partial charge in [0.2, 0.25) is 5.91 Å². The van der Waals surface area contributed by atoms with Gasteiger partial charge in [-0.2, -0.15) is 0 Å². The zero-order chi connectivity index (χ0) is 18.8. The third-order valence-electron chi connectivity index (χ3n) is 4.50. The van der Waals surface area contributed by atoms with Crippen LogP contribution in [0.2, 0.25) is 0 Å². The fraction of sp³-hybridized carbons (Fsp3) is 0.368. The van der Waals surface area contributed by atoms with E-state index in [9.17, 15) is 9.59 Å². The number of carbonyl (C=O) groups is 2. The van der Waals surface area contributed by atoms with Gasteiger partial charge in [0.1, 0.15) is 35.2 Å². The van der Waals surface area contributed by atoms with Crippen LogP contribution in [0.1, 0.15) is 27.4 Å². The van der Waals surface area contributed by atoms with Gasteiger partial charge in [-0.25, -0.2) is 4.79 Å². The molecule has 138 valence electrons. The average molecular weight is 359 g/mol. The van der Waals surface area contributed by atoms with Gasteiger partial charge in [0, 0.05) is 13.1 Å². The van der Waals surface area contributed by atoms with E-state index in [1.54, 1.807) is 21.1 Å². The monoisotopic (exact) mass is 359 g/mol. The van der Waals surface area contributed by atoms with Gasteiger partial charge in [-0.1, -0.05) is 6.07 Å². The molecule has 1 aliphatic rings. The standard InChI is InChI=1S/C19H21NO6/c1-11-16(19(22)23)7-15(26-11)9-20(2)18(21)13-6-12-4-5-14(24-3)8-17(12)25-10-13/h4-5,7-8,13H,6,9-10H2,1-3H3,(H,22,23)/t13-/m1/s1. The molecule has 26 heavy (non-hydrogen) atoms. The molecule has 0 aliphatic carbocycles. The summed E-state index contributed by atoms with van der Waals surface area (Å²) in [6.45, 7) is 2.09. The minimum atomic E-state index is -1.04. The molecule has 1 N–H and O–H groups in total. The molecule has 2 heterocycles. The number of carbonyl (C=O) groups excluding carboxylic acids is 1. The fourth-order valence-corrected chi connectivity index (χ4v) is 3.10. The quantitative estimate of drug-likeness (QED) is 0.882. The first kappa shape index (κ1) is 17.8. The maximum atomic E-state index is 12.7. The van der Waals surface area contributed by atoms with Gasteiger partial charge in [0.25, 0.3) is 0 Å². The maximum Gasteiger partial charge on any atom is 0.339 e. The maximum absolute atomic E-state index is 12.7. The number of rotatable bonds is 5. The van der Waals surface area contributed by atoms with Gasteiger partial charge in [-0.3, -0.25) is 4.79 Å². The SMILES string of the molecule is COc1ccc2c(c1)OC[C@H](C(=O)N(C)Cc1cc(C(=O)O)c(C)o1)C2. The number of aryl methyl sites for hydroxylation is 1. The first-order chi connectivity index (χ1) is 12.4. The van der Waals surface area contributed by atoms with E-state index in [2.05, 4.69) is 0 Å². The van der Waals surface area contributed by atoms with Gasteiger partial charge in [-0.05, 0) is 31.0 Å². The summed E-state index contributed by atoms with van der Waals surface area (Å²) in [5, 5.41) is 9.09. The number of amides is 1. The van der Waals surface area contributed by atoms with E-state index in [1.165, 1.54) is 11.0 Å². The lowest BCUT2D eigenvalue weighted by Crippen LogP contribution is -2.38. The molecule has 7 nitrogen and oxygen atoms in total. The fourth-order valence-electron chi connectivity index (χ4n) is 3.10. The number of furan rings is 1. The Labute approximate surface area is 151 Å². The lowest BCUT2D eigenvalue weighted by Gasteiger charge is -2.28. The first-order valence-corrected chi connectivity index (χ1v) is 8.26. The summed E-state index contributed by atoms with van der Waals surface area (Å²) in [6.07, 6.45) is 0.583. The van der Waals surface area contributed by atoms with Crippen molar-refractivity contribution in [3.05, 3.63) is 46.9 Å². The third kappa shape index (κ3) is 3.51. The summed E-state index contributed by atoms with van der Waals surface area (Å²) in [6, 6.07) is 7.03. The Morgan fingerprint density at radius 1 is 1.35 bits per heavy atom. The summed E-state index contributed by atoms with van der Waals surface area (Å²) in [4.78, 5) is 25.4. The Morgan fingerprint density at radius 3 is 2.77 bits per heavy atom. The molecule has 1 aliphatic heterocycles. The lowest BCUT2D eigenvalue weighted by molar-refractivity contribution is -0.136. The molecule has 0 unspecified atom stereocenters. The van der Waals surface area contributed by atoms with Crippen molar-refractivity contribution in [3.63, 3.8) is 0 Å². The number of fused-ring (bicyclic) bond motifs is 1. The molecular formula is C19H21NO6. The normalized spacial score (nSPS) is 15.7. The van der Waals surface area contributed by atoms with Crippen molar-refractivity contribution in [2.24, 2.45) is 5.92 Å². The van der Waals surface area contributed by atoms with E-state index >= 15 is 0 Å². The van der Waals surface area contributed by atoms with Crippen LogP contribution in [0.15, 0.2) is 28.7 Å². The zero-order valence-electron chi connectivity index (χ0n) is 14.9. The van der Waals surface area contributed by atoms with Crippen molar-refractivity contribution >= 4 is 11.9 Å². The van der Waals surface area contributed by atoms with Crippen molar-refractivity contribution in [2.75, 3.05) is 20.8 Å². The topological polar surface area (TPSA) is 89.2 Å². The van der Waals surface area contributed by atoms with Gasteiger partial charge >= 0.3 is 5.97 Å². The van der Waals surface area contributed by atoms with Crippen LogP contribution in [0.5, 0.6) is 11.5 Å². The van der Waals surface area contributed by atoms with E-state index in [-0.39, 0.29) is 23.9 Å². The van der Waals surface area contributed by atoms with Gasteiger partial charge in [0.05, 0.1) is 19.6 Å². The molecule has 1 amide bonds. The molecule has 2 aromatic rings. The molecule has 0 fully saturated rings. The number of nitrogens with zero attached hydrogens (tertiary/aromatic N) is 1. The molecular weight excluding hydrogens is 338 g/mol. The molecule has 1 aromatic heterocycles. The lowest BCUT2D eigenvalue weighted by atomic mass is 9.95. The third-order valence-corrected chi connectivity index (χ3v) is 4.50. The second kappa shape index (κ2) is 7.11. The first-order valence-electron chi connectivity index (χ1n) is 8.26. The summed E-state index contributed by atoms with van der Waals surface area (Å²) in [5.74, 6) is 0.819. The number of methoxy groups -OCH3 is 1. The molecule has 1 aromatic carbocycles. The minimum absolute atomic E-state index is 0.0719. The molecule has 0 saturated carbocycles. The van der Waals surface area contributed by atoms with Crippen LogP contribution in [0.3, 0.4) is 0 Å². The number of ether oxygens (including phenoxy) is 2. The predicted octanol–water partition coefficient (Wildman–Crippen LogP) is 2.50. The van der Waals surface area contributed by atoms with Gasteiger partial charge in [0.15, 0.2) is 0 Å². The van der Waals surface area contributed by atoms with Crippen LogP contribution in [0.25, 0.3) is 0 Å². The molecule has 0 radical (unpaired) electrons.